The molecule has 0 saturated carbocycles. The fourth-order valence-corrected chi connectivity index (χ4v) is 22.8. The minimum atomic E-state index is -0.0907. The molecule has 28 rings (SSSR count). The molecule has 0 atom stereocenters. The van der Waals surface area contributed by atoms with Gasteiger partial charge in [-0.1, -0.05) is 329 Å². The molecule has 0 aliphatic heterocycles. The quantitative estimate of drug-likeness (QED) is 0.122. The van der Waals surface area contributed by atoms with Crippen LogP contribution in [0, 0.1) is 0 Å². The second-order valence-electron chi connectivity index (χ2n) is 35.7. The summed E-state index contributed by atoms with van der Waals surface area (Å²) in [5.41, 5.74) is 41.4. The van der Waals surface area contributed by atoms with Crippen LogP contribution in [0.4, 0.5) is 34.1 Å². The van der Waals surface area contributed by atoms with Crippen LogP contribution < -0.4 is 9.80 Å². The molecule has 21 aromatic carbocycles. The minimum Gasteiger partial charge on any atom is -0.311 e. The number of fused-ring (bicyclic) bond motifs is 19. The Morgan fingerprint density at radius 1 is 0.168 bits per heavy atom. The predicted molar refractivity (Wildman–Crippen MR) is 552 cm³/mol. The second-order valence-corrected chi connectivity index (χ2v) is 35.7. The van der Waals surface area contributed by atoms with E-state index in [-0.39, 0.29) is 5.41 Å². The summed E-state index contributed by atoms with van der Waals surface area (Å²) >= 11 is 0. The zero-order chi connectivity index (χ0) is 86.3. The van der Waals surface area contributed by atoms with Crippen LogP contribution in [0.2, 0.25) is 0 Å². The molecule has 0 amide bonds. The van der Waals surface area contributed by atoms with Crippen LogP contribution in [0.25, 0.3) is 209 Å². The molecule has 4 heterocycles. The molecule has 0 saturated heterocycles. The average Bonchev–Trinajstić information content (AvgIpc) is 1.51. The number of hydrogen-bond donors (Lipinski definition) is 0. The van der Waals surface area contributed by atoms with Crippen LogP contribution in [-0.4, -0.2) is 18.3 Å². The van der Waals surface area contributed by atoms with Gasteiger partial charge in [0.2, 0.25) is 0 Å². The Morgan fingerprint density at radius 2 is 0.443 bits per heavy atom. The summed E-state index contributed by atoms with van der Waals surface area (Å²) in [6.45, 7) is 4.71. The molecule has 0 radical (unpaired) electrons. The van der Waals surface area contributed by atoms with Gasteiger partial charge in [-0.15, -0.1) is 0 Å². The van der Waals surface area contributed by atoms with Crippen LogP contribution in [-0.2, 0) is 5.41 Å². The first-order chi connectivity index (χ1) is 64.8. The molecule has 0 bridgehead atoms. The lowest BCUT2D eigenvalue weighted by Crippen LogP contribution is -2.16. The highest BCUT2D eigenvalue weighted by molar-refractivity contribution is 6.43. The van der Waals surface area contributed by atoms with E-state index in [1.54, 1.807) is 0 Å². The van der Waals surface area contributed by atoms with Gasteiger partial charge >= 0.3 is 0 Å². The monoisotopic (exact) mass is 1670 g/mol. The Bertz CT molecular complexity index is 8950. The molecule has 0 N–H and O–H groups in total. The predicted octanol–water partition coefficient (Wildman–Crippen LogP) is 33.9. The summed E-state index contributed by atoms with van der Waals surface area (Å²) in [5.74, 6) is 0. The molecular weight excluding hydrogens is 1590 g/mol. The summed E-state index contributed by atoms with van der Waals surface area (Å²) in [7, 11) is 0. The van der Waals surface area contributed by atoms with Gasteiger partial charge < -0.3 is 28.1 Å². The lowest BCUT2D eigenvalue weighted by Gasteiger charge is -2.28. The fraction of sp³-hybridized carbons (Fsp3) is 0.0240. The number of nitrogens with zero attached hydrogens (tertiary/aromatic N) is 6. The third kappa shape index (κ3) is 11.0. The summed E-state index contributed by atoms with van der Waals surface area (Å²) in [5, 5.41) is 15.4. The van der Waals surface area contributed by atoms with E-state index in [4.69, 9.17) is 0 Å². The lowest BCUT2D eigenvalue weighted by molar-refractivity contribution is 0.660. The molecule has 25 aromatic rings. The van der Waals surface area contributed by atoms with Gasteiger partial charge in [0.15, 0.2) is 0 Å². The second kappa shape index (κ2) is 29.0. The molecule has 3 aliphatic carbocycles. The summed E-state index contributed by atoms with van der Waals surface area (Å²) < 4.78 is 10.1. The van der Waals surface area contributed by atoms with Crippen molar-refractivity contribution in [3.63, 3.8) is 0 Å². The first-order valence-corrected chi connectivity index (χ1v) is 45.5. The zero-order valence-electron chi connectivity index (χ0n) is 72.1. The molecule has 131 heavy (non-hydrogen) atoms. The van der Waals surface area contributed by atoms with Gasteiger partial charge in [0, 0.05) is 127 Å². The van der Waals surface area contributed by atoms with E-state index < -0.39 is 0 Å². The van der Waals surface area contributed by atoms with E-state index in [9.17, 15) is 0 Å². The minimum absolute atomic E-state index is 0.0907. The molecular formula is C125H82N6. The van der Waals surface area contributed by atoms with Gasteiger partial charge in [-0.25, -0.2) is 0 Å². The van der Waals surface area contributed by atoms with Crippen molar-refractivity contribution in [3.8, 4) is 101 Å². The van der Waals surface area contributed by atoms with E-state index >= 15 is 0 Å². The van der Waals surface area contributed by atoms with Crippen LogP contribution in [0.1, 0.15) is 25.0 Å². The maximum Gasteiger partial charge on any atom is 0.0648 e. The smallest absolute Gasteiger partial charge is 0.0648 e. The Morgan fingerprint density at radius 3 is 0.855 bits per heavy atom. The van der Waals surface area contributed by atoms with Gasteiger partial charge in [-0.3, -0.25) is 0 Å². The summed E-state index contributed by atoms with van der Waals surface area (Å²) in [6, 6.07) is 170. The van der Waals surface area contributed by atoms with E-state index in [2.05, 4.69) is 503 Å². The van der Waals surface area contributed by atoms with E-state index in [1.807, 2.05) is 0 Å². The Labute approximate surface area is 757 Å². The third-order valence-corrected chi connectivity index (χ3v) is 28.4. The third-order valence-electron chi connectivity index (χ3n) is 28.4. The van der Waals surface area contributed by atoms with Crippen LogP contribution in [0.3, 0.4) is 0 Å². The van der Waals surface area contributed by atoms with E-state index in [1.165, 1.54) is 198 Å². The number of rotatable bonds is 12. The number of hydrogen-bond acceptors (Lipinski definition) is 2. The van der Waals surface area contributed by atoms with Gasteiger partial charge in [-0.05, 0) is 235 Å². The van der Waals surface area contributed by atoms with Gasteiger partial charge in [0.1, 0.15) is 0 Å². The van der Waals surface area contributed by atoms with Crippen molar-refractivity contribution in [1.82, 2.24) is 18.3 Å². The molecule has 0 unspecified atom stereocenters. The topological polar surface area (TPSA) is 26.2 Å². The van der Waals surface area contributed by atoms with Gasteiger partial charge in [-0.2, -0.15) is 0 Å². The van der Waals surface area contributed by atoms with E-state index in [0.717, 1.165) is 56.9 Å². The van der Waals surface area contributed by atoms with Crippen molar-refractivity contribution in [2.24, 2.45) is 0 Å². The number of benzene rings is 21. The zero-order valence-corrected chi connectivity index (χ0v) is 72.1. The maximum atomic E-state index is 2.56. The number of aromatic nitrogens is 4. The molecule has 4 aromatic heterocycles. The lowest BCUT2D eigenvalue weighted by atomic mass is 9.82. The number of para-hydroxylation sites is 7. The van der Waals surface area contributed by atoms with Gasteiger partial charge in [0.25, 0.3) is 0 Å². The van der Waals surface area contributed by atoms with Crippen molar-refractivity contribution < 1.29 is 0 Å². The standard InChI is InChI=1S/C67H45N3.C58H37N3/c1-67(2)57-28-13-11-23-51(57)52-40-39-48(41-58(52)67)68(44-17-5-3-6-18-44)46-35-31-42(32-36-46)43-33-37-47(38-34-43)70-60-30-16-26-54-50-22-10-9-21-49(50)53-25-15-27-56-61(53)64(62(54)60)66(70)63-55-24-12-14-29-59(55)69(65(56)63)45-19-7-4-8-20-45;1-4-16-40(17-5-1)59(41-18-6-2-7-19-41)43-34-30-38(31-35-43)39-32-36-44(37-33-39)61-52-29-15-26-48-46-23-11-10-22-45(46)47-25-14-27-50-53(47)56(54(48)52)58(61)55-49-24-12-13-28-51(49)60(57(50)55)42-20-8-3-9-21-42/h3-41H,1-2H3;1-37H. The molecule has 3 aliphatic rings. The normalized spacial score (nSPS) is 12.6. The van der Waals surface area contributed by atoms with Crippen LogP contribution in [0.5, 0.6) is 0 Å². The van der Waals surface area contributed by atoms with Crippen LogP contribution in [0.15, 0.2) is 461 Å². The highest BCUT2D eigenvalue weighted by Gasteiger charge is 2.38. The van der Waals surface area contributed by atoms with Crippen molar-refractivity contribution in [2.45, 2.75) is 19.3 Å². The SMILES string of the molecule is CC1(C)c2ccccc2-c2ccc(N(c3ccccc3)c3ccc(-c4ccc(-n5c6cccc7c6c6c8c(cccc8c8c(c9ccccc9n8-c8ccccc8)c65)-c5ccccc5-7)cc4)cc3)cc21.c1ccc(N(c2ccccc2)c2ccc(-c3ccc(-n4c5cccc6c5c5c7c(cccc7c7c(c8ccccc8n7-c7ccccc7)c54)-c4ccccc4-6)cc3)cc2)cc1. The Kier molecular flexibility index (Phi) is 16.4. The van der Waals surface area contributed by atoms with Crippen molar-refractivity contribution >= 4 is 143 Å². The maximum absolute atomic E-state index is 2.56. The molecule has 612 valence electrons. The van der Waals surface area contributed by atoms with Crippen molar-refractivity contribution in [3.05, 3.63) is 472 Å². The first-order valence-electron chi connectivity index (χ1n) is 45.5. The van der Waals surface area contributed by atoms with Crippen molar-refractivity contribution in [2.75, 3.05) is 9.80 Å². The van der Waals surface area contributed by atoms with E-state index in [0.29, 0.717) is 0 Å². The first kappa shape index (κ1) is 74.2. The highest BCUT2D eigenvalue weighted by Crippen LogP contribution is 2.58. The number of anilines is 6. The summed E-state index contributed by atoms with van der Waals surface area (Å²) in [6.07, 6.45) is 0. The molecule has 0 fully saturated rings. The Hall–Kier alpha value is -17.1. The fourth-order valence-electron chi connectivity index (χ4n) is 22.8. The molecule has 6 nitrogen and oxygen atoms in total. The highest BCUT2D eigenvalue weighted by atomic mass is 15.1. The largest absolute Gasteiger partial charge is 0.311 e. The van der Waals surface area contributed by atoms with Crippen LogP contribution >= 0.6 is 0 Å². The Balaban J connectivity index is 0.000000136. The van der Waals surface area contributed by atoms with Crippen molar-refractivity contribution in [1.29, 1.82) is 0 Å². The molecule has 6 heteroatoms. The molecule has 0 spiro atoms. The summed E-state index contributed by atoms with van der Waals surface area (Å²) in [4.78, 5) is 4.70. The van der Waals surface area contributed by atoms with Gasteiger partial charge in [0.05, 0.1) is 44.1 Å². The average molecular weight is 1670 g/mol.